The van der Waals surface area contributed by atoms with Gasteiger partial charge in [0.1, 0.15) is 10.7 Å². The first-order valence-corrected chi connectivity index (χ1v) is 6.46. The predicted molar refractivity (Wildman–Crippen MR) is 67.5 cm³/mol. The van der Waals surface area contributed by atoms with Gasteiger partial charge in [-0.05, 0) is 29.9 Å². The van der Waals surface area contributed by atoms with Gasteiger partial charge in [0.2, 0.25) is 0 Å². The Bertz CT molecular complexity index is 528. The summed E-state index contributed by atoms with van der Waals surface area (Å²) in [5, 5.41) is 0. The molecule has 0 aromatic rings. The zero-order valence-corrected chi connectivity index (χ0v) is 10.4. The minimum atomic E-state index is -0.233. The lowest BCUT2D eigenvalue weighted by molar-refractivity contribution is 0.537. The number of thioether (sulfide) groups is 1. The molecule has 2 aliphatic rings. The van der Waals surface area contributed by atoms with Crippen molar-refractivity contribution < 1.29 is 4.42 Å². The van der Waals surface area contributed by atoms with Gasteiger partial charge in [0.15, 0.2) is 0 Å². The highest BCUT2D eigenvalue weighted by atomic mass is 32.2. The van der Waals surface area contributed by atoms with Crippen LogP contribution in [0.4, 0.5) is 0 Å². The summed E-state index contributed by atoms with van der Waals surface area (Å²) < 4.78 is 5.21. The largest absolute Gasteiger partial charge is 0.422 e. The third-order valence-electron chi connectivity index (χ3n) is 2.62. The monoisotopic (exact) mass is 234 g/mol. The maximum atomic E-state index is 11.6. The molecule has 0 bridgehead atoms. The van der Waals surface area contributed by atoms with Crippen LogP contribution in [0.5, 0.6) is 0 Å². The van der Waals surface area contributed by atoms with E-state index in [1.165, 1.54) is 17.3 Å². The van der Waals surface area contributed by atoms with E-state index >= 15 is 0 Å². The quantitative estimate of drug-likeness (QED) is 0.744. The summed E-state index contributed by atoms with van der Waals surface area (Å²) in [5.41, 5.74) is 1.90. The number of hydrogen-bond donors (Lipinski definition) is 0. The van der Waals surface area contributed by atoms with Crippen LogP contribution in [0.25, 0.3) is 11.3 Å². The highest BCUT2D eigenvalue weighted by Crippen LogP contribution is 2.31. The third kappa shape index (κ3) is 1.87. The molecular formula is C13H14O2S. The fourth-order valence-corrected chi connectivity index (χ4v) is 2.29. The Morgan fingerprint density at radius 1 is 1.31 bits per heavy atom. The van der Waals surface area contributed by atoms with Gasteiger partial charge in [0.05, 0.1) is 0 Å². The Hall–Kier alpha value is -1.22. The lowest BCUT2D eigenvalue weighted by Crippen LogP contribution is -1.93. The van der Waals surface area contributed by atoms with Gasteiger partial charge in [-0.15, -0.1) is 11.8 Å². The summed E-state index contributed by atoms with van der Waals surface area (Å²) >= 11 is 1.44. The molecule has 0 aromatic heterocycles. The van der Waals surface area contributed by atoms with Crippen molar-refractivity contribution in [3.8, 4) is 11.3 Å². The van der Waals surface area contributed by atoms with Crippen molar-refractivity contribution in [1.29, 1.82) is 0 Å². The van der Waals surface area contributed by atoms with E-state index in [1.54, 1.807) is 0 Å². The van der Waals surface area contributed by atoms with Crippen LogP contribution in [-0.2, 0) is 0 Å². The van der Waals surface area contributed by atoms with Crippen LogP contribution in [0.1, 0.15) is 25.3 Å². The summed E-state index contributed by atoms with van der Waals surface area (Å²) in [6.07, 6.45) is 1.90. The van der Waals surface area contributed by atoms with Crippen molar-refractivity contribution in [2.45, 2.75) is 24.7 Å². The summed E-state index contributed by atoms with van der Waals surface area (Å²) in [6.45, 7) is 4.27. The van der Waals surface area contributed by atoms with E-state index in [0.717, 1.165) is 5.56 Å². The van der Waals surface area contributed by atoms with Crippen molar-refractivity contribution in [2.75, 3.05) is 6.26 Å². The van der Waals surface area contributed by atoms with Crippen LogP contribution >= 0.6 is 11.8 Å². The number of furan rings is 1. The molecule has 3 heteroatoms. The Morgan fingerprint density at radius 2 is 2.06 bits per heavy atom. The molecule has 2 nitrogen and oxygen atoms in total. The highest BCUT2D eigenvalue weighted by molar-refractivity contribution is 7.98. The molecule has 0 atom stereocenters. The lowest BCUT2D eigenvalue weighted by Gasteiger charge is -2.01. The van der Waals surface area contributed by atoms with Gasteiger partial charge in [-0.2, -0.15) is 0 Å². The standard InChI is InChI=1S/C13H14O2S/c1-8(2)9-5-4-6-11-10(7-9)12(16-3)13(14)15-11/h4-8H,1-3H3. The van der Waals surface area contributed by atoms with E-state index < -0.39 is 0 Å². The fraction of sp³-hybridized carbons (Fsp3) is 0.308. The van der Waals surface area contributed by atoms with E-state index in [9.17, 15) is 4.79 Å². The molecule has 0 radical (unpaired) electrons. The lowest BCUT2D eigenvalue weighted by atomic mass is 10.0. The first-order valence-electron chi connectivity index (χ1n) is 5.24. The van der Waals surface area contributed by atoms with Crippen LogP contribution in [0.2, 0.25) is 0 Å². The summed E-state index contributed by atoms with van der Waals surface area (Å²) in [5.74, 6) is 1.11. The molecule has 2 rings (SSSR count). The first-order chi connectivity index (χ1) is 7.63. The first kappa shape index (κ1) is 11.3. The average molecular weight is 234 g/mol. The SMILES string of the molecule is CSc1c2cc(C(C)C)cccc-2oc1=O. The maximum absolute atomic E-state index is 11.6. The fourth-order valence-electron chi connectivity index (χ4n) is 1.70. The van der Waals surface area contributed by atoms with E-state index in [0.29, 0.717) is 16.6 Å². The zero-order chi connectivity index (χ0) is 11.7. The molecule has 0 unspecified atom stereocenters. The van der Waals surface area contributed by atoms with Crippen LogP contribution in [0, 0.1) is 0 Å². The minimum absolute atomic E-state index is 0.233. The second-order valence-corrected chi connectivity index (χ2v) is 4.84. The third-order valence-corrected chi connectivity index (χ3v) is 3.41. The zero-order valence-electron chi connectivity index (χ0n) is 9.61. The molecule has 0 N–H and O–H groups in total. The van der Waals surface area contributed by atoms with Gasteiger partial charge < -0.3 is 4.42 Å². The molecule has 0 fully saturated rings. The maximum Gasteiger partial charge on any atom is 0.350 e. The molecule has 84 valence electrons. The van der Waals surface area contributed by atoms with Crippen LogP contribution in [0.15, 0.2) is 38.4 Å². The molecule has 0 saturated carbocycles. The van der Waals surface area contributed by atoms with Gasteiger partial charge in [-0.25, -0.2) is 4.79 Å². The van der Waals surface area contributed by atoms with Gasteiger partial charge in [0, 0.05) is 5.56 Å². The van der Waals surface area contributed by atoms with Gasteiger partial charge in [-0.1, -0.05) is 26.0 Å². The molecule has 0 amide bonds. The smallest absolute Gasteiger partial charge is 0.350 e. The number of fused-ring (bicyclic) bond motifs is 1. The number of rotatable bonds is 2. The predicted octanol–water partition coefficient (Wildman–Crippen LogP) is 3.59. The van der Waals surface area contributed by atoms with Gasteiger partial charge >= 0.3 is 5.63 Å². The molecular weight excluding hydrogens is 220 g/mol. The van der Waals surface area contributed by atoms with Gasteiger partial charge in [0.25, 0.3) is 0 Å². The van der Waals surface area contributed by atoms with E-state index in [1.807, 2.05) is 18.4 Å². The second-order valence-electron chi connectivity index (χ2n) is 4.03. The number of hydrogen-bond acceptors (Lipinski definition) is 3. The van der Waals surface area contributed by atoms with Crippen molar-refractivity contribution in [3.63, 3.8) is 0 Å². The summed E-state index contributed by atoms with van der Waals surface area (Å²) in [4.78, 5) is 12.3. The Balaban J connectivity index is 2.73. The van der Waals surface area contributed by atoms with Crippen LogP contribution < -0.4 is 5.63 Å². The molecule has 1 aliphatic heterocycles. The van der Waals surface area contributed by atoms with Crippen molar-refractivity contribution in [2.24, 2.45) is 0 Å². The Morgan fingerprint density at radius 3 is 2.69 bits per heavy atom. The molecule has 16 heavy (non-hydrogen) atoms. The van der Waals surface area contributed by atoms with Crippen LogP contribution in [0.3, 0.4) is 0 Å². The minimum Gasteiger partial charge on any atom is -0.422 e. The highest BCUT2D eigenvalue weighted by Gasteiger charge is 2.16. The Kier molecular flexibility index (Phi) is 3.06. The van der Waals surface area contributed by atoms with Crippen molar-refractivity contribution in [1.82, 2.24) is 0 Å². The van der Waals surface area contributed by atoms with E-state index in [2.05, 4.69) is 26.0 Å². The summed E-state index contributed by atoms with van der Waals surface area (Å²) in [6, 6.07) is 7.90. The topological polar surface area (TPSA) is 30.2 Å². The van der Waals surface area contributed by atoms with Crippen molar-refractivity contribution >= 4 is 11.8 Å². The Labute approximate surface area is 99.0 Å². The van der Waals surface area contributed by atoms with Crippen molar-refractivity contribution in [3.05, 3.63) is 40.2 Å². The van der Waals surface area contributed by atoms with Gasteiger partial charge in [-0.3, -0.25) is 0 Å². The molecule has 0 aromatic carbocycles. The molecule has 1 aliphatic carbocycles. The summed E-state index contributed by atoms with van der Waals surface area (Å²) in [7, 11) is 0. The van der Waals surface area contributed by atoms with Crippen LogP contribution in [-0.4, -0.2) is 6.26 Å². The molecule has 0 spiro atoms. The van der Waals surface area contributed by atoms with E-state index in [-0.39, 0.29) is 5.63 Å². The molecule has 0 saturated heterocycles. The molecule has 1 heterocycles. The second kappa shape index (κ2) is 4.34. The average Bonchev–Trinajstić information content (AvgIpc) is 2.42. The van der Waals surface area contributed by atoms with E-state index in [4.69, 9.17) is 4.42 Å². The normalized spacial score (nSPS) is 11.2.